The number of anilines is 3. The monoisotopic (exact) mass is 380 g/mol. The topological polar surface area (TPSA) is 73.4 Å². The lowest BCUT2D eigenvalue weighted by Gasteiger charge is -2.32. The maximum Gasteiger partial charge on any atom is 0.319 e. The Hall–Kier alpha value is -2.83. The minimum Gasteiger partial charge on any atom is -0.372 e. The zero-order valence-corrected chi connectivity index (χ0v) is 16.2. The average molecular weight is 380 g/mol. The Morgan fingerprint density at radius 3 is 2.25 bits per heavy atom. The van der Waals surface area contributed by atoms with E-state index in [-0.39, 0.29) is 12.1 Å². The summed E-state index contributed by atoms with van der Waals surface area (Å²) in [6.07, 6.45) is 9.15. The van der Waals surface area contributed by atoms with E-state index >= 15 is 0 Å². The standard InChI is InChI=1S/C21H28N6O/c28-21(24-17-5-7-19(8-6-17)26-13-2-1-3-14-26)25-18-9-15-27(16-10-18)20-22-11-4-12-23-20/h4-8,11-12,18H,1-3,9-10,13-16H2,(H2,24,25,28). The second-order valence-electron chi connectivity index (χ2n) is 7.50. The fourth-order valence-corrected chi connectivity index (χ4v) is 3.94. The molecule has 0 saturated carbocycles. The minimum atomic E-state index is -0.139. The van der Waals surface area contributed by atoms with Crippen LogP contribution in [0.1, 0.15) is 32.1 Å². The number of hydrogen-bond donors (Lipinski definition) is 2. The highest BCUT2D eigenvalue weighted by atomic mass is 16.2. The summed E-state index contributed by atoms with van der Waals surface area (Å²) in [6, 6.07) is 10.0. The first-order chi connectivity index (χ1) is 13.8. The van der Waals surface area contributed by atoms with Crippen molar-refractivity contribution in [3.8, 4) is 0 Å². The van der Waals surface area contributed by atoms with E-state index in [1.165, 1.54) is 24.9 Å². The number of nitrogens with zero attached hydrogens (tertiary/aromatic N) is 4. The van der Waals surface area contributed by atoms with E-state index in [1.807, 2.05) is 18.2 Å². The first-order valence-electron chi connectivity index (χ1n) is 10.2. The van der Waals surface area contributed by atoms with Gasteiger partial charge in [-0.2, -0.15) is 0 Å². The Morgan fingerprint density at radius 2 is 1.57 bits per heavy atom. The van der Waals surface area contributed by atoms with Crippen molar-refractivity contribution in [3.63, 3.8) is 0 Å². The van der Waals surface area contributed by atoms with Gasteiger partial charge < -0.3 is 20.4 Å². The van der Waals surface area contributed by atoms with Crippen molar-refractivity contribution >= 4 is 23.4 Å². The molecule has 1 aromatic carbocycles. The third-order valence-electron chi connectivity index (χ3n) is 5.51. The molecule has 3 heterocycles. The highest BCUT2D eigenvalue weighted by Gasteiger charge is 2.22. The summed E-state index contributed by atoms with van der Waals surface area (Å²) in [6.45, 7) is 3.94. The molecule has 2 fully saturated rings. The van der Waals surface area contributed by atoms with Crippen molar-refractivity contribution in [2.24, 2.45) is 0 Å². The quantitative estimate of drug-likeness (QED) is 0.852. The number of aromatic nitrogens is 2. The fourth-order valence-electron chi connectivity index (χ4n) is 3.94. The lowest BCUT2D eigenvalue weighted by atomic mass is 10.1. The van der Waals surface area contributed by atoms with Crippen molar-refractivity contribution in [2.45, 2.75) is 38.1 Å². The molecule has 4 rings (SSSR count). The first-order valence-corrected chi connectivity index (χ1v) is 10.2. The highest BCUT2D eigenvalue weighted by molar-refractivity contribution is 5.89. The number of benzene rings is 1. The van der Waals surface area contributed by atoms with Crippen LogP contribution in [-0.2, 0) is 0 Å². The van der Waals surface area contributed by atoms with Gasteiger partial charge in [0.15, 0.2) is 0 Å². The molecule has 0 aliphatic carbocycles. The van der Waals surface area contributed by atoms with E-state index in [0.29, 0.717) is 0 Å². The van der Waals surface area contributed by atoms with Crippen molar-refractivity contribution < 1.29 is 4.79 Å². The van der Waals surface area contributed by atoms with E-state index in [2.05, 4.69) is 42.5 Å². The maximum atomic E-state index is 12.3. The van der Waals surface area contributed by atoms with Crippen molar-refractivity contribution in [1.82, 2.24) is 15.3 Å². The van der Waals surface area contributed by atoms with Crippen LogP contribution in [0.25, 0.3) is 0 Å². The van der Waals surface area contributed by atoms with Crippen LogP contribution in [0.5, 0.6) is 0 Å². The predicted octanol–water partition coefficient (Wildman–Crippen LogP) is 3.26. The number of carbonyl (C=O) groups excluding carboxylic acids is 1. The van der Waals surface area contributed by atoms with Crippen molar-refractivity contribution in [1.29, 1.82) is 0 Å². The molecule has 0 atom stereocenters. The van der Waals surface area contributed by atoms with Crippen LogP contribution in [0.4, 0.5) is 22.1 Å². The van der Waals surface area contributed by atoms with Crippen LogP contribution in [0, 0.1) is 0 Å². The van der Waals surface area contributed by atoms with Crippen molar-refractivity contribution in [2.75, 3.05) is 41.3 Å². The summed E-state index contributed by atoms with van der Waals surface area (Å²) in [4.78, 5) is 25.5. The molecule has 2 aromatic rings. The van der Waals surface area contributed by atoms with Gasteiger partial charge in [0.1, 0.15) is 0 Å². The second-order valence-corrected chi connectivity index (χ2v) is 7.50. The molecule has 0 radical (unpaired) electrons. The van der Waals surface area contributed by atoms with E-state index in [0.717, 1.165) is 50.7 Å². The molecule has 0 spiro atoms. The molecule has 1 aromatic heterocycles. The van der Waals surface area contributed by atoms with Crippen LogP contribution < -0.4 is 20.4 Å². The van der Waals surface area contributed by atoms with Crippen LogP contribution in [0.3, 0.4) is 0 Å². The number of hydrogen-bond acceptors (Lipinski definition) is 5. The summed E-state index contributed by atoms with van der Waals surface area (Å²) in [5.41, 5.74) is 2.06. The molecule has 7 nitrogen and oxygen atoms in total. The molecule has 2 aliphatic heterocycles. The van der Waals surface area contributed by atoms with Gasteiger partial charge in [-0.05, 0) is 62.4 Å². The van der Waals surface area contributed by atoms with Gasteiger partial charge in [0.25, 0.3) is 0 Å². The van der Waals surface area contributed by atoms with Crippen LogP contribution in [0.2, 0.25) is 0 Å². The molecule has 148 valence electrons. The fraction of sp³-hybridized carbons (Fsp3) is 0.476. The SMILES string of the molecule is O=C(Nc1ccc(N2CCCCC2)cc1)NC1CCN(c2ncccn2)CC1. The molecule has 2 N–H and O–H groups in total. The summed E-state index contributed by atoms with van der Waals surface area (Å²) < 4.78 is 0. The highest BCUT2D eigenvalue weighted by Crippen LogP contribution is 2.22. The Bertz CT molecular complexity index is 752. The van der Waals surface area contributed by atoms with E-state index in [1.54, 1.807) is 12.4 Å². The molecule has 28 heavy (non-hydrogen) atoms. The van der Waals surface area contributed by atoms with Gasteiger partial charge in [0.2, 0.25) is 5.95 Å². The lowest BCUT2D eigenvalue weighted by molar-refractivity contribution is 0.246. The number of carbonyl (C=O) groups is 1. The molecule has 0 bridgehead atoms. The van der Waals surface area contributed by atoms with E-state index in [4.69, 9.17) is 0 Å². The number of piperidine rings is 2. The Labute approximate surface area is 166 Å². The Balaban J connectivity index is 1.23. The molecule has 2 saturated heterocycles. The third-order valence-corrected chi connectivity index (χ3v) is 5.51. The van der Waals surface area contributed by atoms with Crippen LogP contribution >= 0.6 is 0 Å². The lowest BCUT2D eigenvalue weighted by Crippen LogP contribution is -2.46. The molecular weight excluding hydrogens is 352 g/mol. The Morgan fingerprint density at radius 1 is 0.893 bits per heavy atom. The van der Waals surface area contributed by atoms with Gasteiger partial charge in [-0.3, -0.25) is 0 Å². The number of urea groups is 1. The molecular formula is C21H28N6O. The maximum absolute atomic E-state index is 12.3. The summed E-state index contributed by atoms with van der Waals surface area (Å²) >= 11 is 0. The summed E-state index contributed by atoms with van der Waals surface area (Å²) in [7, 11) is 0. The number of amides is 2. The summed E-state index contributed by atoms with van der Waals surface area (Å²) in [5, 5.41) is 6.04. The van der Waals surface area contributed by atoms with Gasteiger partial charge in [-0.25, -0.2) is 14.8 Å². The smallest absolute Gasteiger partial charge is 0.319 e. The zero-order valence-electron chi connectivity index (χ0n) is 16.2. The minimum absolute atomic E-state index is 0.139. The summed E-state index contributed by atoms with van der Waals surface area (Å²) in [5.74, 6) is 0.763. The normalized spacial score (nSPS) is 18.0. The van der Waals surface area contributed by atoms with E-state index < -0.39 is 0 Å². The largest absolute Gasteiger partial charge is 0.372 e. The average Bonchev–Trinajstić information content (AvgIpc) is 2.76. The number of nitrogens with one attached hydrogen (secondary N) is 2. The van der Waals surface area contributed by atoms with E-state index in [9.17, 15) is 4.79 Å². The zero-order chi connectivity index (χ0) is 19.2. The van der Waals surface area contributed by atoms with Gasteiger partial charge in [0, 0.05) is 56.0 Å². The van der Waals surface area contributed by atoms with Gasteiger partial charge in [0.05, 0.1) is 0 Å². The predicted molar refractivity (Wildman–Crippen MR) is 112 cm³/mol. The first kappa shape index (κ1) is 18.5. The Kier molecular flexibility index (Phi) is 5.89. The van der Waals surface area contributed by atoms with Gasteiger partial charge >= 0.3 is 6.03 Å². The second kappa shape index (κ2) is 8.91. The van der Waals surface area contributed by atoms with Crippen molar-refractivity contribution in [3.05, 3.63) is 42.7 Å². The molecule has 0 unspecified atom stereocenters. The van der Waals surface area contributed by atoms with Gasteiger partial charge in [-0.1, -0.05) is 0 Å². The van der Waals surface area contributed by atoms with Gasteiger partial charge in [-0.15, -0.1) is 0 Å². The molecule has 2 aliphatic rings. The third kappa shape index (κ3) is 4.71. The molecule has 7 heteroatoms. The molecule has 2 amide bonds. The van der Waals surface area contributed by atoms with Crippen LogP contribution in [0.15, 0.2) is 42.7 Å². The number of rotatable bonds is 4. The van der Waals surface area contributed by atoms with Crippen LogP contribution in [-0.4, -0.2) is 48.2 Å².